The van der Waals surface area contributed by atoms with E-state index in [4.69, 9.17) is 9.88 Å². The Kier molecular flexibility index (Phi) is 4.86. The first-order valence-electron chi connectivity index (χ1n) is 5.57. The maximum Gasteiger partial charge on any atom is 0.256 e. The van der Waals surface area contributed by atoms with Crippen LogP contribution >= 0.6 is 33.9 Å². The molecule has 0 spiro atoms. The average molecular weight is 438 g/mol. The molecule has 0 fully saturated rings. The monoisotopic (exact) mass is 438 g/mol. The molecule has 1 heterocycles. The van der Waals surface area contributed by atoms with Crippen molar-refractivity contribution in [2.45, 2.75) is 4.90 Å². The SMILES string of the molecule is COc1ccc(NC(=O)c2csc(I)c2)cc1S(N)(=O)=O. The topological polar surface area (TPSA) is 98.5 Å². The molecule has 1 aromatic carbocycles. The molecule has 1 aromatic heterocycles. The van der Waals surface area contributed by atoms with E-state index in [0.29, 0.717) is 11.3 Å². The van der Waals surface area contributed by atoms with Gasteiger partial charge in [-0.2, -0.15) is 0 Å². The molecule has 0 bridgehead atoms. The second-order valence-corrected chi connectivity index (χ2v) is 8.34. The van der Waals surface area contributed by atoms with Gasteiger partial charge < -0.3 is 10.1 Å². The van der Waals surface area contributed by atoms with Crippen LogP contribution in [0.1, 0.15) is 10.4 Å². The van der Waals surface area contributed by atoms with Crippen LogP contribution in [-0.4, -0.2) is 21.4 Å². The molecule has 0 unspecified atom stereocenters. The van der Waals surface area contributed by atoms with E-state index in [1.807, 2.05) is 0 Å². The van der Waals surface area contributed by atoms with Crippen molar-refractivity contribution < 1.29 is 17.9 Å². The highest BCUT2D eigenvalue weighted by atomic mass is 127. The fourth-order valence-corrected chi connectivity index (χ4v) is 3.66. The summed E-state index contributed by atoms with van der Waals surface area (Å²) in [6.07, 6.45) is 0. The highest BCUT2D eigenvalue weighted by Crippen LogP contribution is 2.26. The zero-order valence-electron chi connectivity index (χ0n) is 10.8. The number of amides is 1. The number of thiophene rings is 1. The fourth-order valence-electron chi connectivity index (χ4n) is 1.61. The molecule has 6 nitrogen and oxygen atoms in total. The van der Waals surface area contributed by atoms with Crippen molar-refractivity contribution in [2.24, 2.45) is 5.14 Å². The molecule has 0 saturated carbocycles. The predicted molar refractivity (Wildman–Crippen MR) is 89.4 cm³/mol. The third kappa shape index (κ3) is 3.93. The lowest BCUT2D eigenvalue weighted by Crippen LogP contribution is -2.15. The van der Waals surface area contributed by atoms with Gasteiger partial charge in [-0.15, -0.1) is 11.3 Å². The van der Waals surface area contributed by atoms with Gasteiger partial charge in [-0.25, -0.2) is 13.6 Å². The molecular weight excluding hydrogens is 427 g/mol. The minimum absolute atomic E-state index is 0.126. The molecule has 2 aromatic rings. The molecule has 0 saturated heterocycles. The van der Waals surface area contributed by atoms with Gasteiger partial charge in [0.2, 0.25) is 10.0 Å². The van der Waals surface area contributed by atoms with Crippen molar-refractivity contribution in [1.82, 2.24) is 0 Å². The molecule has 1 amide bonds. The van der Waals surface area contributed by atoms with Crippen LogP contribution < -0.4 is 15.2 Å². The van der Waals surface area contributed by atoms with Gasteiger partial charge in [0.05, 0.1) is 15.6 Å². The summed E-state index contributed by atoms with van der Waals surface area (Å²) in [4.78, 5) is 11.8. The average Bonchev–Trinajstić information content (AvgIpc) is 2.84. The summed E-state index contributed by atoms with van der Waals surface area (Å²) in [6, 6.07) is 5.99. The first-order chi connectivity index (χ1) is 9.81. The van der Waals surface area contributed by atoms with E-state index in [2.05, 4.69) is 27.9 Å². The number of carbonyl (C=O) groups is 1. The van der Waals surface area contributed by atoms with Crippen LogP contribution in [0.3, 0.4) is 0 Å². The molecule has 0 radical (unpaired) electrons. The Morgan fingerprint density at radius 1 is 1.38 bits per heavy atom. The lowest BCUT2D eigenvalue weighted by Gasteiger charge is -2.09. The van der Waals surface area contributed by atoms with Crippen LogP contribution in [0, 0.1) is 2.88 Å². The highest BCUT2D eigenvalue weighted by molar-refractivity contribution is 14.1. The second kappa shape index (κ2) is 6.30. The molecule has 21 heavy (non-hydrogen) atoms. The third-order valence-electron chi connectivity index (χ3n) is 2.56. The van der Waals surface area contributed by atoms with Gasteiger partial charge in [-0.1, -0.05) is 0 Å². The number of benzene rings is 1. The smallest absolute Gasteiger partial charge is 0.256 e. The van der Waals surface area contributed by atoms with Gasteiger partial charge >= 0.3 is 0 Å². The van der Waals surface area contributed by atoms with Crippen LogP contribution in [0.15, 0.2) is 34.5 Å². The number of nitrogens with one attached hydrogen (secondary N) is 1. The van der Waals surface area contributed by atoms with Gasteiger partial charge in [0.1, 0.15) is 10.6 Å². The van der Waals surface area contributed by atoms with E-state index in [0.717, 1.165) is 2.88 Å². The predicted octanol–water partition coefficient (Wildman–Crippen LogP) is 2.26. The van der Waals surface area contributed by atoms with Gasteiger partial charge in [0, 0.05) is 11.1 Å². The molecule has 0 aliphatic carbocycles. The van der Waals surface area contributed by atoms with Crippen molar-refractivity contribution in [1.29, 1.82) is 0 Å². The van der Waals surface area contributed by atoms with Crippen LogP contribution in [-0.2, 0) is 10.0 Å². The lowest BCUT2D eigenvalue weighted by atomic mass is 10.2. The molecule has 2 rings (SSSR count). The van der Waals surface area contributed by atoms with Gasteiger partial charge in [-0.05, 0) is 46.9 Å². The molecule has 0 aliphatic rings. The van der Waals surface area contributed by atoms with Crippen molar-refractivity contribution >= 4 is 55.5 Å². The summed E-state index contributed by atoms with van der Waals surface area (Å²) < 4.78 is 29.0. The summed E-state index contributed by atoms with van der Waals surface area (Å²) in [7, 11) is -2.60. The Balaban J connectivity index is 2.31. The van der Waals surface area contributed by atoms with E-state index in [1.165, 1.54) is 30.6 Å². The molecule has 0 aliphatic heterocycles. The Bertz CT molecular complexity index is 786. The van der Waals surface area contributed by atoms with Gasteiger partial charge in [0.25, 0.3) is 5.91 Å². The third-order valence-corrected chi connectivity index (χ3v) is 5.28. The number of carbonyl (C=O) groups excluding carboxylic acids is 1. The Labute approximate surface area is 139 Å². The van der Waals surface area contributed by atoms with Crippen LogP contribution in [0.2, 0.25) is 0 Å². The number of primary sulfonamides is 1. The van der Waals surface area contributed by atoms with E-state index in [-0.39, 0.29) is 16.6 Å². The van der Waals surface area contributed by atoms with Crippen molar-refractivity contribution in [2.75, 3.05) is 12.4 Å². The van der Waals surface area contributed by atoms with Gasteiger partial charge in [0.15, 0.2) is 0 Å². The van der Waals surface area contributed by atoms with Crippen molar-refractivity contribution in [3.8, 4) is 5.75 Å². The number of anilines is 1. The van der Waals surface area contributed by atoms with Crippen LogP contribution in [0.25, 0.3) is 0 Å². The number of sulfonamides is 1. The maximum absolute atomic E-state index is 12.0. The van der Waals surface area contributed by atoms with Crippen molar-refractivity contribution in [3.05, 3.63) is 38.1 Å². The molecule has 0 atom stereocenters. The highest BCUT2D eigenvalue weighted by Gasteiger charge is 2.17. The van der Waals surface area contributed by atoms with E-state index in [9.17, 15) is 13.2 Å². The van der Waals surface area contributed by atoms with E-state index < -0.39 is 10.0 Å². The Morgan fingerprint density at radius 2 is 2.10 bits per heavy atom. The van der Waals surface area contributed by atoms with Crippen molar-refractivity contribution in [3.63, 3.8) is 0 Å². The number of hydrogen-bond donors (Lipinski definition) is 2. The number of nitrogens with two attached hydrogens (primary N) is 1. The summed E-state index contributed by atoms with van der Waals surface area (Å²) in [5, 5.41) is 9.48. The van der Waals surface area contributed by atoms with E-state index in [1.54, 1.807) is 17.5 Å². The maximum atomic E-state index is 12.0. The summed E-state index contributed by atoms with van der Waals surface area (Å²) in [6.45, 7) is 0. The molecule has 3 N–H and O–H groups in total. The van der Waals surface area contributed by atoms with Crippen LogP contribution in [0.4, 0.5) is 5.69 Å². The lowest BCUT2D eigenvalue weighted by molar-refractivity contribution is 0.102. The number of halogens is 1. The van der Waals surface area contributed by atoms with Crippen LogP contribution in [0.5, 0.6) is 5.75 Å². The van der Waals surface area contributed by atoms with Gasteiger partial charge in [-0.3, -0.25) is 4.79 Å². The minimum atomic E-state index is -3.94. The molecule has 9 heteroatoms. The number of hydrogen-bond acceptors (Lipinski definition) is 5. The standard InChI is InChI=1S/C12H11IN2O4S2/c1-19-9-3-2-8(5-10(9)21(14,17)18)15-12(16)7-4-11(13)20-6-7/h2-6H,1H3,(H,15,16)(H2,14,17,18). The summed E-state index contributed by atoms with van der Waals surface area (Å²) in [5.41, 5.74) is 0.836. The molecule has 112 valence electrons. The fraction of sp³-hybridized carbons (Fsp3) is 0.0833. The summed E-state index contributed by atoms with van der Waals surface area (Å²) >= 11 is 3.56. The normalized spacial score (nSPS) is 11.2. The largest absolute Gasteiger partial charge is 0.495 e. The second-order valence-electron chi connectivity index (χ2n) is 4.00. The minimum Gasteiger partial charge on any atom is -0.495 e. The Morgan fingerprint density at radius 3 is 2.62 bits per heavy atom. The molecular formula is C12H11IN2O4S2. The number of ether oxygens (including phenoxy) is 1. The summed E-state index contributed by atoms with van der Waals surface area (Å²) in [5.74, 6) is -0.194. The Hall–Kier alpha value is -1.17. The zero-order chi connectivity index (χ0) is 15.6. The number of rotatable bonds is 4. The first-order valence-corrected chi connectivity index (χ1v) is 9.08. The van der Waals surface area contributed by atoms with E-state index >= 15 is 0 Å². The number of methoxy groups -OCH3 is 1. The first kappa shape index (κ1) is 16.2. The zero-order valence-corrected chi connectivity index (χ0v) is 14.6. The quantitative estimate of drug-likeness (QED) is 0.716.